The first-order chi connectivity index (χ1) is 7.70. The summed E-state index contributed by atoms with van der Waals surface area (Å²) in [5.41, 5.74) is 5.06. The molecule has 2 amide bonds. The van der Waals surface area contributed by atoms with Crippen LogP contribution < -0.4 is 10.6 Å². The lowest BCUT2D eigenvalue weighted by molar-refractivity contribution is -0.136. The minimum absolute atomic E-state index is 0.0751. The summed E-state index contributed by atoms with van der Waals surface area (Å²) in [7, 11) is 0. The Morgan fingerprint density at radius 3 is 2.62 bits per heavy atom. The van der Waals surface area contributed by atoms with Crippen LogP contribution in [0.5, 0.6) is 0 Å². The maximum Gasteiger partial charge on any atom is 0.318 e. The van der Waals surface area contributed by atoms with E-state index in [2.05, 4.69) is 4.98 Å². The molecular weight excluding hydrogens is 226 g/mol. The monoisotopic (exact) mass is 239 g/mol. The summed E-state index contributed by atoms with van der Waals surface area (Å²) in [6, 6.07) is 0.0751. The van der Waals surface area contributed by atoms with E-state index >= 15 is 0 Å². The number of thiazole rings is 1. The molecule has 1 heterocycles. The fourth-order valence-corrected chi connectivity index (χ4v) is 2.74. The maximum absolute atomic E-state index is 11.7. The zero-order valence-electron chi connectivity index (χ0n) is 8.76. The molecule has 16 heavy (non-hydrogen) atoms. The summed E-state index contributed by atoms with van der Waals surface area (Å²) in [5, 5.41) is 2.35. The highest BCUT2D eigenvalue weighted by molar-refractivity contribution is 7.13. The highest BCUT2D eigenvalue weighted by Gasteiger charge is 2.32. The standard InChI is InChI=1S/C10H13N3O2S/c11-8(14)9(15)13(7-3-1-2-4-7)10-12-5-6-16-10/h5-7H,1-4H2,(H2,11,14). The fourth-order valence-electron chi connectivity index (χ4n) is 2.02. The van der Waals surface area contributed by atoms with E-state index in [9.17, 15) is 9.59 Å². The predicted molar refractivity (Wildman–Crippen MR) is 61.1 cm³/mol. The SMILES string of the molecule is NC(=O)C(=O)N(c1nccs1)C1CCCC1. The molecule has 2 rings (SSSR count). The molecule has 0 saturated heterocycles. The molecule has 0 unspecified atom stereocenters. The number of carbonyl (C=O) groups excluding carboxylic acids is 2. The van der Waals surface area contributed by atoms with E-state index in [-0.39, 0.29) is 6.04 Å². The highest BCUT2D eigenvalue weighted by atomic mass is 32.1. The highest BCUT2D eigenvalue weighted by Crippen LogP contribution is 2.29. The van der Waals surface area contributed by atoms with E-state index in [0.29, 0.717) is 5.13 Å². The number of primary amides is 1. The van der Waals surface area contributed by atoms with E-state index in [0.717, 1.165) is 25.7 Å². The second kappa shape index (κ2) is 4.61. The minimum Gasteiger partial charge on any atom is -0.361 e. The summed E-state index contributed by atoms with van der Waals surface area (Å²) < 4.78 is 0. The number of nitrogens with zero attached hydrogens (tertiary/aromatic N) is 2. The third kappa shape index (κ3) is 2.06. The van der Waals surface area contributed by atoms with Crippen molar-refractivity contribution >= 4 is 28.3 Å². The van der Waals surface area contributed by atoms with Crippen LogP contribution in [0.15, 0.2) is 11.6 Å². The van der Waals surface area contributed by atoms with Crippen molar-refractivity contribution in [3.8, 4) is 0 Å². The van der Waals surface area contributed by atoms with Gasteiger partial charge in [0.2, 0.25) is 0 Å². The zero-order valence-corrected chi connectivity index (χ0v) is 9.57. The van der Waals surface area contributed by atoms with Crippen LogP contribution >= 0.6 is 11.3 Å². The molecular formula is C10H13N3O2S. The van der Waals surface area contributed by atoms with Crippen molar-refractivity contribution in [3.63, 3.8) is 0 Å². The number of rotatable bonds is 2. The summed E-state index contributed by atoms with van der Waals surface area (Å²) in [5.74, 6) is -1.57. The van der Waals surface area contributed by atoms with E-state index in [1.807, 2.05) is 0 Å². The number of hydrogen-bond donors (Lipinski definition) is 1. The van der Waals surface area contributed by atoms with E-state index < -0.39 is 11.8 Å². The molecule has 1 aromatic rings. The number of amides is 2. The van der Waals surface area contributed by atoms with Crippen molar-refractivity contribution in [3.05, 3.63) is 11.6 Å². The molecule has 0 spiro atoms. The van der Waals surface area contributed by atoms with Gasteiger partial charge in [-0.2, -0.15) is 0 Å². The molecule has 0 aliphatic heterocycles. The summed E-state index contributed by atoms with van der Waals surface area (Å²) in [4.78, 5) is 28.3. The number of aromatic nitrogens is 1. The summed E-state index contributed by atoms with van der Waals surface area (Å²) >= 11 is 1.35. The lowest BCUT2D eigenvalue weighted by Crippen LogP contribution is -2.45. The Kier molecular flexibility index (Phi) is 3.19. The topological polar surface area (TPSA) is 76.3 Å². The maximum atomic E-state index is 11.7. The largest absolute Gasteiger partial charge is 0.361 e. The van der Waals surface area contributed by atoms with Crippen molar-refractivity contribution < 1.29 is 9.59 Å². The van der Waals surface area contributed by atoms with Gasteiger partial charge in [-0.05, 0) is 12.8 Å². The number of carbonyl (C=O) groups is 2. The molecule has 1 aliphatic carbocycles. The van der Waals surface area contributed by atoms with Crippen LogP contribution in [0.2, 0.25) is 0 Å². The fraction of sp³-hybridized carbons (Fsp3) is 0.500. The van der Waals surface area contributed by atoms with Crippen molar-refractivity contribution in [1.82, 2.24) is 4.98 Å². The van der Waals surface area contributed by atoms with Crippen LogP contribution in [0, 0.1) is 0 Å². The third-order valence-electron chi connectivity index (χ3n) is 2.74. The Morgan fingerprint density at radius 2 is 2.12 bits per heavy atom. The lowest BCUT2D eigenvalue weighted by Gasteiger charge is -2.24. The number of hydrogen-bond acceptors (Lipinski definition) is 4. The molecule has 1 saturated carbocycles. The molecule has 5 nitrogen and oxygen atoms in total. The lowest BCUT2D eigenvalue weighted by atomic mass is 10.2. The van der Waals surface area contributed by atoms with Gasteiger partial charge in [0, 0.05) is 17.6 Å². The van der Waals surface area contributed by atoms with Crippen molar-refractivity contribution in [2.45, 2.75) is 31.7 Å². The Labute approximate surface area is 97.3 Å². The summed E-state index contributed by atoms with van der Waals surface area (Å²) in [6.45, 7) is 0. The van der Waals surface area contributed by atoms with Crippen LogP contribution in [0.4, 0.5) is 5.13 Å². The Hall–Kier alpha value is -1.43. The van der Waals surface area contributed by atoms with Crippen molar-refractivity contribution in [1.29, 1.82) is 0 Å². The van der Waals surface area contributed by atoms with Crippen LogP contribution in [0.25, 0.3) is 0 Å². The van der Waals surface area contributed by atoms with Crippen molar-refractivity contribution in [2.75, 3.05) is 4.90 Å². The molecule has 0 atom stereocenters. The molecule has 86 valence electrons. The molecule has 1 aromatic heterocycles. The first kappa shape index (κ1) is 11.1. The zero-order chi connectivity index (χ0) is 11.5. The van der Waals surface area contributed by atoms with Gasteiger partial charge in [-0.15, -0.1) is 11.3 Å². The Bertz CT molecular complexity index is 385. The number of nitrogens with two attached hydrogens (primary N) is 1. The van der Waals surface area contributed by atoms with Gasteiger partial charge < -0.3 is 5.73 Å². The molecule has 2 N–H and O–H groups in total. The second-order valence-corrected chi connectivity index (χ2v) is 4.67. The smallest absolute Gasteiger partial charge is 0.318 e. The van der Waals surface area contributed by atoms with E-state index in [1.54, 1.807) is 11.6 Å². The van der Waals surface area contributed by atoms with Gasteiger partial charge in [-0.3, -0.25) is 14.5 Å². The normalized spacial score (nSPS) is 16.2. The van der Waals surface area contributed by atoms with Crippen molar-refractivity contribution in [2.24, 2.45) is 5.73 Å². The first-order valence-electron chi connectivity index (χ1n) is 5.22. The van der Waals surface area contributed by atoms with Crippen LogP contribution in [0.3, 0.4) is 0 Å². The van der Waals surface area contributed by atoms with E-state index in [1.165, 1.54) is 16.2 Å². The number of anilines is 1. The first-order valence-corrected chi connectivity index (χ1v) is 6.10. The minimum atomic E-state index is -0.915. The van der Waals surface area contributed by atoms with Gasteiger partial charge >= 0.3 is 11.8 Å². The third-order valence-corrected chi connectivity index (χ3v) is 3.52. The van der Waals surface area contributed by atoms with Gasteiger partial charge in [-0.25, -0.2) is 4.98 Å². The molecule has 1 fully saturated rings. The van der Waals surface area contributed by atoms with Crippen LogP contribution in [-0.2, 0) is 9.59 Å². The molecule has 6 heteroatoms. The molecule has 0 radical (unpaired) electrons. The molecule has 0 aromatic carbocycles. The molecule has 1 aliphatic rings. The average molecular weight is 239 g/mol. The van der Waals surface area contributed by atoms with Gasteiger partial charge in [-0.1, -0.05) is 12.8 Å². The Morgan fingerprint density at radius 1 is 1.44 bits per heavy atom. The second-order valence-electron chi connectivity index (χ2n) is 3.79. The van der Waals surface area contributed by atoms with Crippen LogP contribution in [0.1, 0.15) is 25.7 Å². The van der Waals surface area contributed by atoms with Crippen LogP contribution in [-0.4, -0.2) is 22.8 Å². The quantitative estimate of drug-likeness (QED) is 0.779. The predicted octanol–water partition coefficient (Wildman–Crippen LogP) is 0.904. The van der Waals surface area contributed by atoms with Gasteiger partial charge in [0.15, 0.2) is 5.13 Å². The average Bonchev–Trinajstić information content (AvgIpc) is 2.89. The van der Waals surface area contributed by atoms with E-state index in [4.69, 9.17) is 5.73 Å². The summed E-state index contributed by atoms with van der Waals surface area (Å²) in [6.07, 6.45) is 5.62. The van der Waals surface area contributed by atoms with Gasteiger partial charge in [0.05, 0.1) is 0 Å². The Balaban J connectivity index is 2.25. The van der Waals surface area contributed by atoms with Gasteiger partial charge in [0.1, 0.15) is 0 Å². The van der Waals surface area contributed by atoms with Gasteiger partial charge in [0.25, 0.3) is 0 Å². The molecule has 0 bridgehead atoms.